The summed E-state index contributed by atoms with van der Waals surface area (Å²) in [5, 5.41) is 15.9. The fourth-order valence-electron chi connectivity index (χ4n) is 2.94. The lowest BCUT2D eigenvalue weighted by atomic mass is 10.1. The number of aliphatic imine (C=N–C) groups is 1. The van der Waals surface area contributed by atoms with E-state index >= 15 is 0 Å². The van der Waals surface area contributed by atoms with Crippen LogP contribution in [0.4, 0.5) is 0 Å². The van der Waals surface area contributed by atoms with E-state index in [4.69, 9.17) is 14.3 Å². The SMILES string of the molecule is C=NCc1ccc(COc2cccc(-c3ccc(-c4nc(SCC(=O)O)n[nH]4)o3)c2)cc1. The van der Waals surface area contributed by atoms with E-state index in [1.165, 1.54) is 0 Å². The predicted octanol–water partition coefficient (Wildman–Crippen LogP) is 4.69. The van der Waals surface area contributed by atoms with Gasteiger partial charge in [-0.3, -0.25) is 14.9 Å². The maximum absolute atomic E-state index is 10.7. The van der Waals surface area contributed by atoms with Crippen molar-refractivity contribution in [3.05, 3.63) is 71.8 Å². The van der Waals surface area contributed by atoms with Crippen molar-refractivity contribution in [2.24, 2.45) is 4.99 Å². The van der Waals surface area contributed by atoms with Crippen LogP contribution in [0.25, 0.3) is 22.9 Å². The molecule has 2 N–H and O–H groups in total. The molecule has 0 radical (unpaired) electrons. The standard InChI is InChI=1S/C23H20N4O4S/c1-24-12-15-5-7-16(8-6-15)13-30-18-4-2-3-17(11-18)19-9-10-20(31-19)22-25-23(27-26-22)32-14-21(28)29/h2-11H,1,12-14H2,(H,28,29)(H,25,26,27). The highest BCUT2D eigenvalue weighted by Crippen LogP contribution is 2.30. The molecule has 0 fully saturated rings. The largest absolute Gasteiger partial charge is 0.489 e. The fraction of sp³-hybridized carbons (Fsp3) is 0.130. The molecule has 2 heterocycles. The normalized spacial score (nSPS) is 10.8. The van der Waals surface area contributed by atoms with Crippen LogP contribution in [0.15, 0.2) is 75.2 Å². The molecule has 0 aliphatic heterocycles. The smallest absolute Gasteiger partial charge is 0.313 e. The van der Waals surface area contributed by atoms with Gasteiger partial charge in [-0.15, -0.1) is 5.10 Å². The van der Waals surface area contributed by atoms with Gasteiger partial charge in [0.2, 0.25) is 5.16 Å². The summed E-state index contributed by atoms with van der Waals surface area (Å²) in [6.45, 7) is 4.56. The Morgan fingerprint density at radius 3 is 2.69 bits per heavy atom. The van der Waals surface area contributed by atoms with E-state index in [1.807, 2.05) is 54.6 Å². The van der Waals surface area contributed by atoms with Crippen molar-refractivity contribution in [2.75, 3.05) is 5.75 Å². The van der Waals surface area contributed by atoms with Crippen LogP contribution in [0, 0.1) is 0 Å². The summed E-state index contributed by atoms with van der Waals surface area (Å²) in [6.07, 6.45) is 0. The van der Waals surface area contributed by atoms with E-state index in [-0.39, 0.29) is 5.75 Å². The van der Waals surface area contributed by atoms with Gasteiger partial charge in [0, 0.05) is 5.56 Å². The molecule has 2 aromatic heterocycles. The Balaban J connectivity index is 1.42. The molecule has 4 aromatic rings. The first-order valence-corrected chi connectivity index (χ1v) is 10.7. The van der Waals surface area contributed by atoms with Gasteiger partial charge in [-0.25, -0.2) is 0 Å². The number of nitrogens with one attached hydrogen (secondary N) is 1. The average Bonchev–Trinajstić information content (AvgIpc) is 3.47. The highest BCUT2D eigenvalue weighted by Gasteiger charge is 2.13. The molecule has 162 valence electrons. The van der Waals surface area contributed by atoms with Crippen molar-refractivity contribution in [1.29, 1.82) is 0 Å². The number of ether oxygens (including phenoxy) is 1. The van der Waals surface area contributed by atoms with Gasteiger partial charge in [0.05, 0.1) is 12.3 Å². The van der Waals surface area contributed by atoms with Gasteiger partial charge < -0.3 is 14.3 Å². The first-order valence-electron chi connectivity index (χ1n) is 9.71. The molecule has 0 amide bonds. The van der Waals surface area contributed by atoms with E-state index in [1.54, 1.807) is 6.07 Å². The molecule has 0 spiro atoms. The van der Waals surface area contributed by atoms with E-state index in [0.717, 1.165) is 34.2 Å². The van der Waals surface area contributed by atoms with Gasteiger partial charge >= 0.3 is 5.97 Å². The van der Waals surface area contributed by atoms with Crippen LogP contribution in [-0.2, 0) is 17.9 Å². The Labute approximate surface area is 188 Å². The minimum absolute atomic E-state index is 0.107. The lowest BCUT2D eigenvalue weighted by molar-refractivity contribution is -0.133. The van der Waals surface area contributed by atoms with Crippen LogP contribution in [-0.4, -0.2) is 38.7 Å². The molecule has 0 unspecified atom stereocenters. The second-order valence-electron chi connectivity index (χ2n) is 6.83. The Morgan fingerprint density at radius 2 is 1.91 bits per heavy atom. The number of H-pyrrole nitrogens is 1. The van der Waals surface area contributed by atoms with E-state index in [2.05, 4.69) is 26.9 Å². The fourth-order valence-corrected chi connectivity index (χ4v) is 3.46. The van der Waals surface area contributed by atoms with Crippen molar-refractivity contribution in [3.63, 3.8) is 0 Å². The number of aromatic amines is 1. The molecule has 0 atom stereocenters. The van der Waals surface area contributed by atoms with Crippen molar-refractivity contribution in [3.8, 4) is 28.7 Å². The third kappa shape index (κ3) is 5.44. The maximum Gasteiger partial charge on any atom is 0.313 e. The molecule has 0 saturated carbocycles. The van der Waals surface area contributed by atoms with E-state index in [9.17, 15) is 4.79 Å². The number of nitrogens with zero attached hydrogens (tertiary/aromatic N) is 3. The summed E-state index contributed by atoms with van der Waals surface area (Å²) in [5.74, 6) is 1.29. The average molecular weight is 449 g/mol. The number of carboxylic acid groups (broad SMARTS) is 1. The van der Waals surface area contributed by atoms with Crippen LogP contribution < -0.4 is 4.74 Å². The Kier molecular flexibility index (Phi) is 6.66. The number of rotatable bonds is 10. The van der Waals surface area contributed by atoms with Gasteiger partial charge in [0.1, 0.15) is 18.1 Å². The Morgan fingerprint density at radius 1 is 1.12 bits per heavy atom. The van der Waals surface area contributed by atoms with Crippen LogP contribution in [0.2, 0.25) is 0 Å². The van der Waals surface area contributed by atoms with Gasteiger partial charge in [-0.1, -0.05) is 48.2 Å². The van der Waals surface area contributed by atoms with Crippen LogP contribution in [0.1, 0.15) is 11.1 Å². The van der Waals surface area contributed by atoms with Gasteiger partial charge in [0.25, 0.3) is 0 Å². The van der Waals surface area contributed by atoms with Gasteiger partial charge in [0.15, 0.2) is 11.6 Å². The van der Waals surface area contributed by atoms with Crippen LogP contribution in [0.5, 0.6) is 5.75 Å². The molecule has 32 heavy (non-hydrogen) atoms. The number of thioether (sulfide) groups is 1. The third-order valence-corrected chi connectivity index (χ3v) is 5.30. The molecule has 9 heteroatoms. The number of aromatic nitrogens is 3. The number of carbonyl (C=O) groups is 1. The summed E-state index contributed by atoms with van der Waals surface area (Å²) < 4.78 is 11.9. The molecule has 0 saturated heterocycles. The zero-order valence-electron chi connectivity index (χ0n) is 17.0. The van der Waals surface area contributed by atoms with Crippen molar-refractivity contribution in [1.82, 2.24) is 15.2 Å². The number of carboxylic acids is 1. The minimum Gasteiger partial charge on any atom is -0.489 e. The molecule has 0 aliphatic carbocycles. The van der Waals surface area contributed by atoms with Crippen LogP contribution >= 0.6 is 11.8 Å². The summed E-state index contributed by atoms with van der Waals surface area (Å²) in [6, 6.07) is 19.3. The summed E-state index contributed by atoms with van der Waals surface area (Å²) >= 11 is 1.04. The van der Waals surface area contributed by atoms with Crippen molar-refractivity contribution >= 4 is 24.4 Å². The summed E-state index contributed by atoms with van der Waals surface area (Å²) in [5.41, 5.74) is 3.03. The van der Waals surface area contributed by atoms with E-state index in [0.29, 0.717) is 35.7 Å². The summed E-state index contributed by atoms with van der Waals surface area (Å²) in [7, 11) is 0. The molecular weight excluding hydrogens is 428 g/mol. The molecular formula is C23H20N4O4S. The second kappa shape index (κ2) is 9.97. The Hall–Kier alpha value is -3.85. The lowest BCUT2D eigenvalue weighted by Crippen LogP contribution is -1.97. The third-order valence-electron chi connectivity index (χ3n) is 4.47. The minimum atomic E-state index is -0.925. The number of hydrogen-bond donors (Lipinski definition) is 2. The van der Waals surface area contributed by atoms with E-state index < -0.39 is 5.97 Å². The molecule has 0 bridgehead atoms. The molecule has 2 aromatic carbocycles. The predicted molar refractivity (Wildman–Crippen MR) is 122 cm³/mol. The molecule has 0 aliphatic rings. The van der Waals surface area contributed by atoms with Gasteiger partial charge in [-0.2, -0.15) is 4.98 Å². The molecule has 4 rings (SSSR count). The quantitative estimate of drug-likeness (QED) is 0.267. The first kappa shape index (κ1) is 21.4. The monoisotopic (exact) mass is 448 g/mol. The molecule has 8 nitrogen and oxygen atoms in total. The topological polar surface area (TPSA) is 114 Å². The lowest BCUT2D eigenvalue weighted by Gasteiger charge is -2.08. The van der Waals surface area contributed by atoms with Crippen LogP contribution in [0.3, 0.4) is 0 Å². The zero-order valence-corrected chi connectivity index (χ0v) is 17.8. The Bertz CT molecular complexity index is 1220. The first-order chi connectivity index (χ1) is 15.6. The summed E-state index contributed by atoms with van der Waals surface area (Å²) in [4.78, 5) is 18.8. The maximum atomic E-state index is 10.7. The number of benzene rings is 2. The number of hydrogen-bond acceptors (Lipinski definition) is 7. The van der Waals surface area contributed by atoms with Crippen molar-refractivity contribution < 1.29 is 19.1 Å². The highest BCUT2D eigenvalue weighted by atomic mass is 32.2. The highest BCUT2D eigenvalue weighted by molar-refractivity contribution is 7.99. The number of aliphatic carboxylic acids is 1. The second-order valence-corrected chi connectivity index (χ2v) is 7.77. The van der Waals surface area contributed by atoms with Crippen molar-refractivity contribution in [2.45, 2.75) is 18.3 Å². The number of furan rings is 1. The van der Waals surface area contributed by atoms with Gasteiger partial charge in [-0.05, 0) is 42.1 Å². The zero-order chi connectivity index (χ0) is 22.3.